The highest BCUT2D eigenvalue weighted by molar-refractivity contribution is 5.58. The van der Waals surface area contributed by atoms with Gasteiger partial charge in [0.15, 0.2) is 0 Å². The summed E-state index contributed by atoms with van der Waals surface area (Å²) < 4.78 is 12.7. The minimum absolute atomic E-state index is 0.0199. The Balaban J connectivity index is 2.47. The number of hydrogen-bond donors (Lipinski definition) is 1. The highest BCUT2D eigenvalue weighted by Crippen LogP contribution is 2.16. The van der Waals surface area contributed by atoms with Gasteiger partial charge in [-0.15, -0.1) is 0 Å². The van der Waals surface area contributed by atoms with Crippen LogP contribution in [0.4, 0.5) is 4.39 Å². The largest absolute Gasteiger partial charge is 0.268 e. The Bertz CT molecular complexity index is 625. The molecule has 84 valence electrons. The van der Waals surface area contributed by atoms with Gasteiger partial charge in [0.25, 0.3) is 5.56 Å². The van der Waals surface area contributed by atoms with E-state index in [1.165, 1.54) is 18.2 Å². The van der Waals surface area contributed by atoms with Crippen molar-refractivity contribution in [2.75, 3.05) is 0 Å². The Kier molecular flexibility index (Phi) is 2.97. The van der Waals surface area contributed by atoms with E-state index in [1.807, 2.05) is 6.07 Å². The first-order chi connectivity index (χ1) is 8.20. The topological polar surface area (TPSA) is 69.5 Å². The van der Waals surface area contributed by atoms with Crippen LogP contribution in [0.5, 0.6) is 0 Å². The second-order valence-electron chi connectivity index (χ2n) is 3.45. The molecule has 0 unspecified atom stereocenters. The summed E-state index contributed by atoms with van der Waals surface area (Å²) in [6.07, 6.45) is 0.0199. The number of aromatic nitrogens is 2. The van der Waals surface area contributed by atoms with Crippen molar-refractivity contribution >= 4 is 0 Å². The number of aromatic amines is 1. The Labute approximate surface area is 96.3 Å². The van der Waals surface area contributed by atoms with Gasteiger partial charge in [-0.25, -0.2) is 9.49 Å². The van der Waals surface area contributed by atoms with Crippen LogP contribution in [0.25, 0.3) is 11.3 Å². The number of rotatable bonds is 2. The third-order valence-corrected chi connectivity index (χ3v) is 2.29. The molecular weight excluding hydrogens is 221 g/mol. The molecule has 0 spiro atoms. The van der Waals surface area contributed by atoms with Crippen LogP contribution < -0.4 is 5.56 Å². The van der Waals surface area contributed by atoms with Gasteiger partial charge < -0.3 is 0 Å². The molecule has 2 aromatic rings. The fraction of sp³-hybridized carbons (Fsp3) is 0.0833. The average molecular weight is 229 g/mol. The zero-order valence-corrected chi connectivity index (χ0v) is 8.77. The molecule has 0 fully saturated rings. The van der Waals surface area contributed by atoms with Crippen molar-refractivity contribution in [1.29, 1.82) is 5.26 Å². The van der Waals surface area contributed by atoms with Crippen molar-refractivity contribution in [2.24, 2.45) is 0 Å². The Morgan fingerprint density at radius 2 is 2.06 bits per heavy atom. The predicted molar refractivity (Wildman–Crippen MR) is 59.6 cm³/mol. The molecule has 1 heterocycles. The summed E-state index contributed by atoms with van der Waals surface area (Å²) in [7, 11) is 0. The first-order valence-corrected chi connectivity index (χ1v) is 4.92. The Hall–Kier alpha value is -2.48. The number of nitriles is 1. The maximum atomic E-state index is 12.7. The molecule has 0 radical (unpaired) electrons. The highest BCUT2D eigenvalue weighted by atomic mass is 19.1. The molecule has 0 aliphatic rings. The lowest BCUT2D eigenvalue weighted by atomic mass is 10.1. The molecule has 1 aromatic heterocycles. The quantitative estimate of drug-likeness (QED) is 0.851. The first-order valence-electron chi connectivity index (χ1n) is 4.92. The van der Waals surface area contributed by atoms with Crippen molar-refractivity contribution in [3.8, 4) is 17.3 Å². The minimum atomic E-state index is -0.377. The molecule has 0 bridgehead atoms. The number of benzene rings is 1. The zero-order valence-electron chi connectivity index (χ0n) is 8.77. The predicted octanol–water partition coefficient (Wildman–Crippen LogP) is 1.64. The molecule has 0 saturated carbocycles. The van der Waals surface area contributed by atoms with Gasteiger partial charge in [-0.3, -0.25) is 4.79 Å². The third-order valence-electron chi connectivity index (χ3n) is 2.29. The van der Waals surface area contributed by atoms with Crippen LogP contribution in [0.3, 0.4) is 0 Å². The van der Waals surface area contributed by atoms with E-state index in [0.29, 0.717) is 16.8 Å². The van der Waals surface area contributed by atoms with Crippen LogP contribution >= 0.6 is 0 Å². The fourth-order valence-electron chi connectivity index (χ4n) is 1.43. The molecule has 0 saturated heterocycles. The highest BCUT2D eigenvalue weighted by Gasteiger charge is 2.05. The van der Waals surface area contributed by atoms with Crippen LogP contribution in [-0.2, 0) is 6.42 Å². The van der Waals surface area contributed by atoms with Crippen LogP contribution in [0, 0.1) is 17.1 Å². The van der Waals surface area contributed by atoms with Gasteiger partial charge in [0.1, 0.15) is 5.82 Å². The summed E-state index contributed by atoms with van der Waals surface area (Å²) >= 11 is 0. The van der Waals surface area contributed by atoms with Crippen LogP contribution in [0.2, 0.25) is 0 Å². The van der Waals surface area contributed by atoms with Crippen molar-refractivity contribution < 1.29 is 4.39 Å². The van der Waals surface area contributed by atoms with E-state index in [9.17, 15) is 9.18 Å². The van der Waals surface area contributed by atoms with E-state index < -0.39 is 0 Å². The molecular formula is C12H8FN3O. The molecule has 17 heavy (non-hydrogen) atoms. The van der Waals surface area contributed by atoms with Gasteiger partial charge >= 0.3 is 0 Å². The summed E-state index contributed by atoms with van der Waals surface area (Å²) in [5.41, 5.74) is 1.16. The van der Waals surface area contributed by atoms with Crippen molar-refractivity contribution in [1.82, 2.24) is 10.2 Å². The second-order valence-corrected chi connectivity index (χ2v) is 3.45. The van der Waals surface area contributed by atoms with Gasteiger partial charge in [0.05, 0.1) is 18.2 Å². The molecule has 0 aliphatic heterocycles. The van der Waals surface area contributed by atoms with Crippen molar-refractivity contribution in [3.63, 3.8) is 0 Å². The number of halogens is 1. The lowest BCUT2D eigenvalue weighted by molar-refractivity contribution is 0.628. The summed E-state index contributed by atoms with van der Waals surface area (Å²) in [6.45, 7) is 0. The van der Waals surface area contributed by atoms with E-state index in [4.69, 9.17) is 5.26 Å². The van der Waals surface area contributed by atoms with E-state index >= 15 is 0 Å². The molecule has 5 heteroatoms. The Morgan fingerprint density at radius 1 is 1.35 bits per heavy atom. The number of nitrogens with zero attached hydrogens (tertiary/aromatic N) is 2. The van der Waals surface area contributed by atoms with Crippen molar-refractivity contribution in [3.05, 3.63) is 52.1 Å². The maximum Gasteiger partial charge on any atom is 0.268 e. The van der Waals surface area contributed by atoms with Gasteiger partial charge in [-0.2, -0.15) is 10.4 Å². The van der Waals surface area contributed by atoms with E-state index in [1.54, 1.807) is 12.1 Å². The van der Waals surface area contributed by atoms with E-state index in [2.05, 4.69) is 10.2 Å². The van der Waals surface area contributed by atoms with E-state index in [0.717, 1.165) is 0 Å². The molecule has 1 aromatic carbocycles. The van der Waals surface area contributed by atoms with Crippen LogP contribution in [0.15, 0.2) is 35.1 Å². The summed E-state index contributed by atoms with van der Waals surface area (Å²) in [4.78, 5) is 11.3. The number of nitrogens with one attached hydrogen (secondary N) is 1. The molecule has 1 N–H and O–H groups in total. The second kappa shape index (κ2) is 4.58. The molecule has 0 atom stereocenters. The lowest BCUT2D eigenvalue weighted by Crippen LogP contribution is -2.14. The average Bonchev–Trinajstić information content (AvgIpc) is 2.33. The first kappa shape index (κ1) is 11.0. The summed E-state index contributed by atoms with van der Waals surface area (Å²) in [5.74, 6) is -0.338. The molecule has 2 rings (SSSR count). The summed E-state index contributed by atoms with van der Waals surface area (Å²) in [5, 5.41) is 14.7. The van der Waals surface area contributed by atoms with Crippen LogP contribution in [0.1, 0.15) is 5.56 Å². The smallest absolute Gasteiger partial charge is 0.268 e. The van der Waals surface area contributed by atoms with E-state index in [-0.39, 0.29) is 17.8 Å². The van der Waals surface area contributed by atoms with Crippen molar-refractivity contribution in [2.45, 2.75) is 6.42 Å². The molecule has 0 amide bonds. The van der Waals surface area contributed by atoms with Gasteiger partial charge in [-0.05, 0) is 30.3 Å². The fourth-order valence-corrected chi connectivity index (χ4v) is 1.43. The maximum absolute atomic E-state index is 12.7. The Morgan fingerprint density at radius 3 is 2.71 bits per heavy atom. The standard InChI is InChI=1S/C12H8FN3O/c13-10-3-1-8(2-4-10)11-7-9(5-6-14)12(17)16-15-11/h1-4,7H,5H2,(H,16,17). The third kappa shape index (κ3) is 2.37. The van der Waals surface area contributed by atoms with Crippen LogP contribution in [-0.4, -0.2) is 10.2 Å². The minimum Gasteiger partial charge on any atom is -0.268 e. The number of H-pyrrole nitrogens is 1. The zero-order chi connectivity index (χ0) is 12.3. The van der Waals surface area contributed by atoms with Gasteiger partial charge in [0.2, 0.25) is 0 Å². The SMILES string of the molecule is N#CCc1cc(-c2ccc(F)cc2)n[nH]c1=O. The number of hydrogen-bond acceptors (Lipinski definition) is 3. The molecule has 4 nitrogen and oxygen atoms in total. The summed E-state index contributed by atoms with van der Waals surface area (Å²) in [6, 6.07) is 9.19. The van der Waals surface area contributed by atoms with Gasteiger partial charge in [0, 0.05) is 11.1 Å². The molecule has 0 aliphatic carbocycles. The lowest BCUT2D eigenvalue weighted by Gasteiger charge is -2.01. The monoisotopic (exact) mass is 229 g/mol. The normalized spacial score (nSPS) is 9.88. The van der Waals surface area contributed by atoms with Gasteiger partial charge in [-0.1, -0.05) is 0 Å².